The second kappa shape index (κ2) is 7.48. The van der Waals surface area contributed by atoms with Crippen molar-refractivity contribution in [3.63, 3.8) is 0 Å². The molecule has 3 aromatic rings. The highest BCUT2D eigenvalue weighted by atomic mass is 79.9. The summed E-state index contributed by atoms with van der Waals surface area (Å²) in [5.41, 5.74) is 4.28. The number of hydrogen-bond acceptors (Lipinski definition) is 3. The van der Waals surface area contributed by atoms with Gasteiger partial charge in [0.1, 0.15) is 11.9 Å². The lowest BCUT2D eigenvalue weighted by atomic mass is 9.71. The van der Waals surface area contributed by atoms with Crippen molar-refractivity contribution in [1.82, 2.24) is 9.47 Å². The van der Waals surface area contributed by atoms with Gasteiger partial charge in [0.2, 0.25) is 5.91 Å². The van der Waals surface area contributed by atoms with Crippen LogP contribution in [0, 0.1) is 0 Å². The van der Waals surface area contributed by atoms with Gasteiger partial charge in [-0.25, -0.2) is 0 Å². The van der Waals surface area contributed by atoms with Crippen molar-refractivity contribution < 1.29 is 14.3 Å². The van der Waals surface area contributed by atoms with E-state index < -0.39 is 0 Å². The summed E-state index contributed by atoms with van der Waals surface area (Å²) in [4.78, 5) is 27.1. The number of benzene rings is 2. The van der Waals surface area contributed by atoms with Crippen LogP contribution >= 0.6 is 15.9 Å². The number of nitrogens with zero attached hydrogens (tertiary/aromatic N) is 2. The fourth-order valence-corrected chi connectivity index (χ4v) is 5.78. The van der Waals surface area contributed by atoms with Gasteiger partial charge in [0.05, 0.1) is 5.56 Å². The lowest BCUT2D eigenvalue weighted by Crippen LogP contribution is -2.40. The van der Waals surface area contributed by atoms with Crippen LogP contribution in [0.25, 0.3) is 10.9 Å². The molecule has 32 heavy (non-hydrogen) atoms. The average Bonchev–Trinajstić information content (AvgIpc) is 3.05. The summed E-state index contributed by atoms with van der Waals surface area (Å²) >= 11 is 3.56. The first kappa shape index (κ1) is 21.3. The van der Waals surface area contributed by atoms with Crippen molar-refractivity contribution >= 4 is 38.5 Å². The van der Waals surface area contributed by atoms with Gasteiger partial charge in [-0.2, -0.15) is 0 Å². The molecule has 1 saturated heterocycles. The van der Waals surface area contributed by atoms with Crippen LogP contribution < -0.4 is 4.74 Å². The molecular formula is C26H27BrN2O3. The number of ether oxygens (including phenoxy) is 1. The second-order valence-corrected chi connectivity index (χ2v) is 10.3. The Bertz CT molecular complexity index is 1270. The van der Waals surface area contributed by atoms with Gasteiger partial charge in [0.15, 0.2) is 5.78 Å². The Kier molecular flexibility index (Phi) is 4.97. The summed E-state index contributed by atoms with van der Waals surface area (Å²) in [7, 11) is 2.04. The van der Waals surface area contributed by atoms with E-state index >= 15 is 0 Å². The highest BCUT2D eigenvalue weighted by Gasteiger charge is 2.41. The molecule has 5 rings (SSSR count). The van der Waals surface area contributed by atoms with Crippen molar-refractivity contribution in [3.8, 4) is 5.75 Å². The molecule has 0 spiro atoms. The van der Waals surface area contributed by atoms with E-state index in [-0.39, 0.29) is 23.2 Å². The van der Waals surface area contributed by atoms with E-state index in [1.807, 2.05) is 42.3 Å². The average molecular weight is 495 g/mol. The maximum atomic E-state index is 13.6. The lowest BCUT2D eigenvalue weighted by Gasteiger charge is -2.35. The molecule has 166 valence electrons. The molecule has 1 fully saturated rings. The second-order valence-electron chi connectivity index (χ2n) is 9.43. The standard InChI is InChI=1S/C26H27BrN2O3/c1-15(30)29-11-9-17(10-12-29)32-18-6-8-19-21(14-18)26(2,3)25-23(24(19)31)20-7-5-16(27)13-22(20)28(25)4/h5-8,13-14,17H,9-12H2,1-4H3. The zero-order chi connectivity index (χ0) is 22.8. The third-order valence-electron chi connectivity index (χ3n) is 7.08. The van der Waals surface area contributed by atoms with E-state index in [0.717, 1.165) is 69.4 Å². The van der Waals surface area contributed by atoms with Gasteiger partial charge in [0.25, 0.3) is 0 Å². The number of rotatable bonds is 2. The van der Waals surface area contributed by atoms with Gasteiger partial charge >= 0.3 is 0 Å². The first-order valence-corrected chi connectivity index (χ1v) is 11.9. The molecule has 0 bridgehead atoms. The highest BCUT2D eigenvalue weighted by molar-refractivity contribution is 9.10. The van der Waals surface area contributed by atoms with Crippen LogP contribution in [0.3, 0.4) is 0 Å². The first-order chi connectivity index (χ1) is 15.2. The molecule has 1 aliphatic carbocycles. The summed E-state index contributed by atoms with van der Waals surface area (Å²) < 4.78 is 9.46. The van der Waals surface area contributed by atoms with Gasteiger partial charge < -0.3 is 14.2 Å². The van der Waals surface area contributed by atoms with Crippen molar-refractivity contribution in [2.75, 3.05) is 13.1 Å². The smallest absolute Gasteiger partial charge is 0.219 e. The predicted molar refractivity (Wildman–Crippen MR) is 129 cm³/mol. The van der Waals surface area contributed by atoms with E-state index in [4.69, 9.17) is 4.74 Å². The van der Waals surface area contributed by atoms with Crippen LogP contribution in [-0.2, 0) is 17.3 Å². The first-order valence-electron chi connectivity index (χ1n) is 11.1. The Balaban J connectivity index is 1.52. The van der Waals surface area contributed by atoms with E-state index in [9.17, 15) is 9.59 Å². The molecule has 0 unspecified atom stereocenters. The molecule has 0 radical (unpaired) electrons. The maximum absolute atomic E-state index is 13.6. The monoisotopic (exact) mass is 494 g/mol. The van der Waals surface area contributed by atoms with Crippen molar-refractivity contribution in [1.29, 1.82) is 0 Å². The summed E-state index contributed by atoms with van der Waals surface area (Å²) in [5.74, 6) is 0.981. The summed E-state index contributed by atoms with van der Waals surface area (Å²) in [6.07, 6.45) is 1.72. The van der Waals surface area contributed by atoms with E-state index in [1.54, 1.807) is 6.92 Å². The third-order valence-corrected chi connectivity index (χ3v) is 7.57. The Labute approximate surface area is 196 Å². The van der Waals surface area contributed by atoms with Crippen LogP contribution in [0.1, 0.15) is 60.8 Å². The van der Waals surface area contributed by atoms with Crippen LogP contribution in [0.4, 0.5) is 0 Å². The van der Waals surface area contributed by atoms with Gasteiger partial charge in [-0.1, -0.05) is 35.8 Å². The number of fused-ring (bicyclic) bond motifs is 4. The van der Waals surface area contributed by atoms with Crippen molar-refractivity contribution in [2.45, 2.75) is 45.1 Å². The minimum atomic E-state index is -0.351. The number of carbonyl (C=O) groups is 2. The number of aromatic nitrogens is 1. The molecule has 2 aliphatic rings. The van der Waals surface area contributed by atoms with Crippen LogP contribution in [-0.4, -0.2) is 40.4 Å². The number of likely N-dealkylation sites (tertiary alicyclic amines) is 1. The maximum Gasteiger partial charge on any atom is 0.219 e. The molecule has 5 nitrogen and oxygen atoms in total. The molecule has 1 aromatic heterocycles. The number of amides is 1. The fraction of sp³-hybridized carbons (Fsp3) is 0.385. The van der Waals surface area contributed by atoms with Gasteiger partial charge in [-0.15, -0.1) is 0 Å². The van der Waals surface area contributed by atoms with Crippen molar-refractivity contribution in [3.05, 3.63) is 63.3 Å². The highest BCUT2D eigenvalue weighted by Crippen LogP contribution is 2.46. The SMILES string of the molecule is CC(=O)N1CCC(Oc2ccc3c(c2)C(C)(C)c2c(c4ccc(Br)cc4n2C)C3=O)CC1. The van der Waals surface area contributed by atoms with Crippen LogP contribution in [0.5, 0.6) is 5.75 Å². The quantitative estimate of drug-likeness (QED) is 0.491. The zero-order valence-corrected chi connectivity index (χ0v) is 20.5. The predicted octanol–water partition coefficient (Wildman–Crippen LogP) is 5.20. The van der Waals surface area contributed by atoms with Crippen molar-refractivity contribution in [2.24, 2.45) is 7.05 Å². The molecular weight excluding hydrogens is 468 g/mol. The number of aryl methyl sites for hydroxylation is 1. The van der Waals surface area contributed by atoms with Crippen LogP contribution in [0.15, 0.2) is 40.9 Å². The Morgan fingerprint density at radius 1 is 1.12 bits per heavy atom. The number of halogens is 1. The van der Waals surface area contributed by atoms with Crippen LogP contribution in [0.2, 0.25) is 0 Å². The Hall–Kier alpha value is -2.60. The minimum absolute atomic E-state index is 0.0727. The number of hydrogen-bond donors (Lipinski definition) is 0. The Morgan fingerprint density at radius 3 is 2.53 bits per heavy atom. The Morgan fingerprint density at radius 2 is 1.84 bits per heavy atom. The number of carbonyl (C=O) groups excluding carboxylic acids is 2. The third kappa shape index (κ3) is 3.19. The van der Waals surface area contributed by atoms with Gasteiger partial charge in [-0.05, 0) is 35.9 Å². The minimum Gasteiger partial charge on any atom is -0.490 e. The fourth-order valence-electron chi connectivity index (χ4n) is 5.43. The van der Waals surface area contributed by atoms with Gasteiger partial charge in [-0.3, -0.25) is 9.59 Å². The largest absolute Gasteiger partial charge is 0.490 e. The number of piperidine rings is 1. The van der Waals surface area contributed by atoms with E-state index in [0.29, 0.717) is 0 Å². The van der Waals surface area contributed by atoms with Gasteiger partial charge in [0, 0.05) is 72.0 Å². The van der Waals surface area contributed by atoms with E-state index in [1.165, 1.54) is 0 Å². The topological polar surface area (TPSA) is 51.5 Å². The number of ketones is 1. The molecule has 1 amide bonds. The molecule has 1 aliphatic heterocycles. The summed E-state index contributed by atoms with van der Waals surface area (Å²) in [6.45, 7) is 7.43. The summed E-state index contributed by atoms with van der Waals surface area (Å²) in [6, 6.07) is 12.0. The molecule has 0 atom stereocenters. The lowest BCUT2D eigenvalue weighted by molar-refractivity contribution is -0.130. The molecule has 0 saturated carbocycles. The van der Waals surface area contributed by atoms with E-state index in [2.05, 4.69) is 40.4 Å². The zero-order valence-electron chi connectivity index (χ0n) is 18.9. The molecule has 2 aromatic carbocycles. The molecule has 2 heterocycles. The summed E-state index contributed by atoms with van der Waals surface area (Å²) in [5, 5.41) is 0.993. The normalized spacial score (nSPS) is 17.9. The molecule has 0 N–H and O–H groups in total. The molecule has 6 heteroatoms.